The Morgan fingerprint density at radius 1 is 1.38 bits per heavy atom. The van der Waals surface area contributed by atoms with E-state index >= 15 is 0 Å². The third-order valence-corrected chi connectivity index (χ3v) is 4.02. The number of rotatable bonds is 5. The highest BCUT2D eigenvalue weighted by Gasteiger charge is 2.24. The molecule has 1 N–H and O–H groups in total. The van der Waals surface area contributed by atoms with Crippen molar-refractivity contribution >= 4 is 11.6 Å². The van der Waals surface area contributed by atoms with Crippen LogP contribution in [0, 0.1) is 11.3 Å². The molecule has 2 rings (SSSR count). The number of amides is 1. The highest BCUT2D eigenvalue weighted by atomic mass is 16.5. The Bertz CT molecular complexity index is 514. The first-order valence-electron chi connectivity index (χ1n) is 7.27. The van der Waals surface area contributed by atoms with E-state index in [-0.39, 0.29) is 11.6 Å². The van der Waals surface area contributed by atoms with Crippen LogP contribution < -0.4 is 4.74 Å². The number of hydrogen-bond donors (Lipinski definition) is 1. The van der Waals surface area contributed by atoms with Gasteiger partial charge in [-0.25, -0.2) is 0 Å². The molecule has 1 aliphatic rings. The van der Waals surface area contributed by atoms with Gasteiger partial charge in [-0.3, -0.25) is 10.2 Å². The lowest BCUT2D eigenvalue weighted by Crippen LogP contribution is -2.41. The number of methoxy groups -OCH3 is 1. The number of ether oxygens (including phenoxy) is 1. The first-order valence-corrected chi connectivity index (χ1v) is 7.27. The van der Waals surface area contributed by atoms with Gasteiger partial charge in [-0.15, -0.1) is 0 Å². The van der Waals surface area contributed by atoms with E-state index in [9.17, 15) is 4.79 Å². The lowest BCUT2D eigenvalue weighted by Gasteiger charge is -2.32. The molecule has 1 aromatic carbocycles. The van der Waals surface area contributed by atoms with Crippen LogP contribution in [0.15, 0.2) is 36.9 Å². The summed E-state index contributed by atoms with van der Waals surface area (Å²) in [5, 5.41) is 7.53. The SMILES string of the molecule is C=CC(=N)C(=O)N1CCC(Cc2ccc(OC)cc2)CC1. The second kappa shape index (κ2) is 7.07. The van der Waals surface area contributed by atoms with Gasteiger partial charge in [-0.05, 0) is 49.0 Å². The van der Waals surface area contributed by atoms with E-state index in [1.54, 1.807) is 12.0 Å². The number of nitrogens with zero attached hydrogens (tertiary/aromatic N) is 1. The Balaban J connectivity index is 1.84. The van der Waals surface area contributed by atoms with Crippen LogP contribution in [0.1, 0.15) is 18.4 Å². The van der Waals surface area contributed by atoms with Gasteiger partial charge in [0.1, 0.15) is 11.5 Å². The van der Waals surface area contributed by atoms with Gasteiger partial charge >= 0.3 is 0 Å². The van der Waals surface area contributed by atoms with E-state index in [1.807, 2.05) is 12.1 Å². The summed E-state index contributed by atoms with van der Waals surface area (Å²) < 4.78 is 5.16. The Hall–Kier alpha value is -2.10. The van der Waals surface area contributed by atoms with Crippen LogP contribution in [0.3, 0.4) is 0 Å². The monoisotopic (exact) mass is 286 g/mol. The fourth-order valence-corrected chi connectivity index (χ4v) is 2.69. The summed E-state index contributed by atoms with van der Waals surface area (Å²) in [6.45, 7) is 4.94. The third kappa shape index (κ3) is 3.94. The molecule has 1 amide bonds. The van der Waals surface area contributed by atoms with E-state index in [2.05, 4.69) is 18.7 Å². The average Bonchev–Trinajstić information content (AvgIpc) is 2.55. The molecule has 1 aliphatic heterocycles. The molecule has 1 heterocycles. The van der Waals surface area contributed by atoms with Crippen LogP contribution in [-0.2, 0) is 11.2 Å². The van der Waals surface area contributed by atoms with Gasteiger partial charge in [0, 0.05) is 13.1 Å². The van der Waals surface area contributed by atoms with E-state index in [1.165, 1.54) is 11.6 Å². The number of nitrogens with one attached hydrogen (secondary N) is 1. The molecule has 21 heavy (non-hydrogen) atoms. The van der Waals surface area contributed by atoms with Gasteiger partial charge in [0.15, 0.2) is 0 Å². The summed E-state index contributed by atoms with van der Waals surface area (Å²) in [5.74, 6) is 1.27. The minimum absolute atomic E-state index is 0.0106. The van der Waals surface area contributed by atoms with E-state index < -0.39 is 0 Å². The van der Waals surface area contributed by atoms with Gasteiger partial charge in [0.2, 0.25) is 0 Å². The van der Waals surface area contributed by atoms with Crippen molar-refractivity contribution in [2.24, 2.45) is 5.92 Å². The molecule has 112 valence electrons. The van der Waals surface area contributed by atoms with Crippen LogP contribution in [-0.4, -0.2) is 36.7 Å². The summed E-state index contributed by atoms with van der Waals surface area (Å²) >= 11 is 0. The lowest BCUT2D eigenvalue weighted by atomic mass is 9.90. The molecule has 1 fully saturated rings. The van der Waals surface area contributed by atoms with Crippen LogP contribution in [0.5, 0.6) is 5.75 Å². The van der Waals surface area contributed by atoms with E-state index in [4.69, 9.17) is 10.1 Å². The smallest absolute Gasteiger partial charge is 0.271 e. The quantitative estimate of drug-likeness (QED) is 0.846. The van der Waals surface area contributed by atoms with Crippen molar-refractivity contribution in [1.82, 2.24) is 4.90 Å². The number of likely N-dealkylation sites (tertiary alicyclic amines) is 1. The van der Waals surface area contributed by atoms with Gasteiger partial charge in [-0.1, -0.05) is 18.7 Å². The first-order chi connectivity index (χ1) is 10.1. The highest BCUT2D eigenvalue weighted by Crippen LogP contribution is 2.23. The molecule has 0 saturated carbocycles. The average molecular weight is 286 g/mol. The molecular formula is C17H22N2O2. The molecular weight excluding hydrogens is 264 g/mol. The fraction of sp³-hybridized carbons (Fsp3) is 0.412. The van der Waals surface area contributed by atoms with Crippen molar-refractivity contribution in [3.63, 3.8) is 0 Å². The Morgan fingerprint density at radius 2 is 2.00 bits per heavy atom. The minimum atomic E-state index is -0.201. The molecule has 0 bridgehead atoms. The predicted molar refractivity (Wildman–Crippen MR) is 83.9 cm³/mol. The van der Waals surface area contributed by atoms with Crippen molar-refractivity contribution in [3.8, 4) is 5.75 Å². The highest BCUT2D eigenvalue weighted by molar-refractivity contribution is 6.41. The molecule has 4 nitrogen and oxygen atoms in total. The Labute approximate surface area is 125 Å². The second-order valence-corrected chi connectivity index (χ2v) is 5.41. The maximum Gasteiger partial charge on any atom is 0.271 e. The van der Waals surface area contributed by atoms with Crippen molar-refractivity contribution in [3.05, 3.63) is 42.5 Å². The molecule has 0 spiro atoms. The van der Waals surface area contributed by atoms with E-state index in [0.717, 1.165) is 38.1 Å². The molecule has 4 heteroatoms. The summed E-state index contributed by atoms with van der Waals surface area (Å²) in [6.07, 6.45) is 4.32. The summed E-state index contributed by atoms with van der Waals surface area (Å²) in [6, 6.07) is 8.17. The molecule has 1 saturated heterocycles. The third-order valence-electron chi connectivity index (χ3n) is 4.02. The molecule has 0 unspecified atom stereocenters. The van der Waals surface area contributed by atoms with Crippen LogP contribution >= 0.6 is 0 Å². The molecule has 0 atom stereocenters. The zero-order valence-corrected chi connectivity index (χ0v) is 12.5. The molecule has 1 aromatic rings. The topological polar surface area (TPSA) is 53.4 Å². The van der Waals surface area contributed by atoms with Crippen LogP contribution in [0.2, 0.25) is 0 Å². The molecule has 0 aliphatic carbocycles. The molecule has 0 aromatic heterocycles. The van der Waals surface area contributed by atoms with Crippen LogP contribution in [0.4, 0.5) is 0 Å². The van der Waals surface area contributed by atoms with Gasteiger partial charge in [0.05, 0.1) is 7.11 Å². The summed E-state index contributed by atoms with van der Waals surface area (Å²) in [7, 11) is 1.67. The largest absolute Gasteiger partial charge is 0.497 e. The molecule has 0 radical (unpaired) electrons. The predicted octanol–water partition coefficient (Wildman–Crippen LogP) is 2.68. The Morgan fingerprint density at radius 3 is 2.52 bits per heavy atom. The van der Waals surface area contributed by atoms with Crippen molar-refractivity contribution in [1.29, 1.82) is 5.41 Å². The second-order valence-electron chi connectivity index (χ2n) is 5.41. The van der Waals surface area contributed by atoms with Crippen LogP contribution in [0.25, 0.3) is 0 Å². The van der Waals surface area contributed by atoms with Gasteiger partial charge < -0.3 is 9.64 Å². The Kier molecular flexibility index (Phi) is 5.14. The fourth-order valence-electron chi connectivity index (χ4n) is 2.69. The zero-order chi connectivity index (χ0) is 15.2. The maximum absolute atomic E-state index is 11.9. The maximum atomic E-state index is 11.9. The van der Waals surface area contributed by atoms with Crippen molar-refractivity contribution < 1.29 is 9.53 Å². The standard InChI is InChI=1S/C17H22N2O2/c1-3-16(18)17(20)19-10-8-14(9-11-19)12-13-4-6-15(21-2)7-5-13/h3-7,14,18H,1,8-12H2,2H3. The minimum Gasteiger partial charge on any atom is -0.497 e. The van der Waals surface area contributed by atoms with Crippen molar-refractivity contribution in [2.45, 2.75) is 19.3 Å². The number of hydrogen-bond acceptors (Lipinski definition) is 3. The van der Waals surface area contributed by atoms with Gasteiger partial charge in [-0.2, -0.15) is 0 Å². The first kappa shape index (κ1) is 15.3. The summed E-state index contributed by atoms with van der Waals surface area (Å²) in [5.41, 5.74) is 1.29. The number of benzene rings is 1. The number of carbonyl (C=O) groups excluding carboxylic acids is 1. The zero-order valence-electron chi connectivity index (χ0n) is 12.5. The number of carbonyl (C=O) groups is 1. The lowest BCUT2D eigenvalue weighted by molar-refractivity contribution is -0.125. The number of piperidine rings is 1. The normalized spacial score (nSPS) is 15.6. The van der Waals surface area contributed by atoms with Gasteiger partial charge in [0.25, 0.3) is 5.91 Å². The summed E-state index contributed by atoms with van der Waals surface area (Å²) in [4.78, 5) is 13.6. The van der Waals surface area contributed by atoms with E-state index in [0.29, 0.717) is 5.92 Å². The van der Waals surface area contributed by atoms with Crippen molar-refractivity contribution in [2.75, 3.05) is 20.2 Å².